The van der Waals surface area contributed by atoms with Crippen molar-refractivity contribution in [3.05, 3.63) is 65.2 Å². The first-order chi connectivity index (χ1) is 15.5. The lowest BCUT2D eigenvalue weighted by Gasteiger charge is -2.41. The van der Waals surface area contributed by atoms with Gasteiger partial charge in [-0.3, -0.25) is 0 Å². The minimum Gasteiger partial charge on any atom is -0.396 e. The van der Waals surface area contributed by atoms with Crippen molar-refractivity contribution in [2.45, 2.75) is 39.0 Å². The maximum absolute atomic E-state index is 11.7. The average molecular weight is 461 g/mol. The molecule has 1 saturated heterocycles. The van der Waals surface area contributed by atoms with Crippen LogP contribution in [0.4, 0.5) is 10.5 Å². The summed E-state index contributed by atoms with van der Waals surface area (Å²) in [7, 11) is 0. The van der Waals surface area contributed by atoms with Crippen molar-refractivity contribution in [1.29, 1.82) is 0 Å². The van der Waals surface area contributed by atoms with Crippen molar-refractivity contribution >= 4 is 23.5 Å². The zero-order valence-electron chi connectivity index (χ0n) is 18.5. The Hall–Kier alpha value is -2.10. The molecule has 1 aliphatic rings. The maximum atomic E-state index is 11.7. The summed E-state index contributed by atoms with van der Waals surface area (Å²) in [6.07, 6.45) is -0.776. The number of anilines is 1. The largest absolute Gasteiger partial charge is 0.396 e. The van der Waals surface area contributed by atoms with Gasteiger partial charge in [-0.1, -0.05) is 43.3 Å². The van der Waals surface area contributed by atoms with E-state index >= 15 is 0 Å². The Kier molecular flexibility index (Phi) is 9.37. The van der Waals surface area contributed by atoms with E-state index in [9.17, 15) is 9.90 Å². The highest BCUT2D eigenvalue weighted by atomic mass is 32.2. The Bertz CT molecular complexity index is 846. The Morgan fingerprint density at radius 2 is 1.72 bits per heavy atom. The molecule has 2 amide bonds. The van der Waals surface area contributed by atoms with Gasteiger partial charge >= 0.3 is 6.03 Å². The summed E-state index contributed by atoms with van der Waals surface area (Å²) in [5.74, 6) is 1.52. The highest BCUT2D eigenvalue weighted by Gasteiger charge is 2.38. The fourth-order valence-electron chi connectivity index (χ4n) is 3.63. The van der Waals surface area contributed by atoms with Gasteiger partial charge in [0.15, 0.2) is 6.29 Å². The third-order valence-electron chi connectivity index (χ3n) is 5.42. The van der Waals surface area contributed by atoms with Crippen LogP contribution in [0.3, 0.4) is 0 Å². The zero-order valence-corrected chi connectivity index (χ0v) is 19.3. The summed E-state index contributed by atoms with van der Waals surface area (Å²) in [6, 6.07) is 15.0. The van der Waals surface area contributed by atoms with Crippen LogP contribution >= 0.6 is 11.8 Å². The number of carbonyl (C=O) groups is 1. The molecule has 0 unspecified atom stereocenters. The second kappa shape index (κ2) is 12.2. The second-order valence-corrected chi connectivity index (χ2v) is 8.88. The minimum absolute atomic E-state index is 0.00415. The minimum atomic E-state index is -0.549. The second-order valence-electron chi connectivity index (χ2n) is 7.73. The quantitative estimate of drug-likeness (QED) is 0.425. The van der Waals surface area contributed by atoms with Crippen LogP contribution in [-0.2, 0) is 16.1 Å². The van der Waals surface area contributed by atoms with Gasteiger partial charge in [-0.25, -0.2) is 4.79 Å². The van der Waals surface area contributed by atoms with E-state index in [4.69, 9.17) is 14.6 Å². The normalized spacial score (nSPS) is 23.0. The lowest BCUT2D eigenvalue weighted by Crippen LogP contribution is -2.38. The van der Waals surface area contributed by atoms with E-state index in [-0.39, 0.29) is 37.4 Å². The van der Waals surface area contributed by atoms with Crippen LogP contribution in [-0.4, -0.2) is 47.0 Å². The van der Waals surface area contributed by atoms with Gasteiger partial charge in [-0.05, 0) is 30.2 Å². The third-order valence-corrected chi connectivity index (χ3v) is 6.45. The Balaban J connectivity index is 1.78. The van der Waals surface area contributed by atoms with Gasteiger partial charge in [0.05, 0.1) is 25.4 Å². The molecule has 1 heterocycles. The number of aliphatic hydroxyl groups excluding tert-OH is 2. The van der Waals surface area contributed by atoms with E-state index in [2.05, 4.69) is 17.6 Å². The number of benzene rings is 2. The molecule has 0 radical (unpaired) electrons. The maximum Gasteiger partial charge on any atom is 0.319 e. The fourth-order valence-corrected chi connectivity index (χ4v) is 4.54. The van der Waals surface area contributed by atoms with Gasteiger partial charge in [0.2, 0.25) is 0 Å². The van der Waals surface area contributed by atoms with E-state index in [1.807, 2.05) is 55.5 Å². The van der Waals surface area contributed by atoms with Crippen LogP contribution in [0.1, 0.15) is 42.9 Å². The van der Waals surface area contributed by atoms with E-state index in [0.717, 1.165) is 22.4 Å². The molecule has 8 heteroatoms. The first-order valence-electron chi connectivity index (χ1n) is 10.9. The van der Waals surface area contributed by atoms with E-state index < -0.39 is 6.29 Å². The molecule has 1 aliphatic heterocycles. The molecule has 1 fully saturated rings. The van der Waals surface area contributed by atoms with Crippen molar-refractivity contribution in [2.24, 2.45) is 5.92 Å². The lowest BCUT2D eigenvalue weighted by molar-refractivity contribution is -0.268. The summed E-state index contributed by atoms with van der Waals surface area (Å²) in [4.78, 5) is 11.7. The number of amides is 2. The predicted octanol–water partition coefficient (Wildman–Crippen LogP) is 3.84. The average Bonchev–Trinajstić information content (AvgIpc) is 2.81. The topological polar surface area (TPSA) is 100 Å². The molecule has 0 bridgehead atoms. The summed E-state index contributed by atoms with van der Waals surface area (Å²) in [5.41, 5.74) is 3.45. The van der Waals surface area contributed by atoms with Crippen molar-refractivity contribution in [1.82, 2.24) is 5.32 Å². The van der Waals surface area contributed by atoms with Gasteiger partial charge in [0.1, 0.15) is 0 Å². The molecule has 0 saturated carbocycles. The number of carbonyl (C=O) groups excluding carboxylic acids is 1. The highest BCUT2D eigenvalue weighted by molar-refractivity contribution is 7.99. The fraction of sp³-hybridized carbons (Fsp3) is 0.458. The molecular formula is C24H32N2O5S. The number of rotatable bonds is 9. The number of ether oxygens (including phenoxy) is 2. The highest BCUT2D eigenvalue weighted by Crippen LogP contribution is 2.42. The first kappa shape index (κ1) is 24.5. The van der Waals surface area contributed by atoms with Gasteiger partial charge in [0.25, 0.3) is 0 Å². The SMILES string of the molecule is CCNC(=O)Nc1ccc([C@@H]2O[C@H](CSCCO)[C@H](C)[C@H](c3ccc(CO)cc3)O2)cc1. The van der Waals surface area contributed by atoms with Crippen LogP contribution < -0.4 is 10.6 Å². The van der Waals surface area contributed by atoms with E-state index in [1.54, 1.807) is 11.8 Å². The van der Waals surface area contributed by atoms with Crippen molar-refractivity contribution in [3.8, 4) is 0 Å². The van der Waals surface area contributed by atoms with Crippen molar-refractivity contribution in [3.63, 3.8) is 0 Å². The van der Waals surface area contributed by atoms with Crippen LogP contribution in [0.5, 0.6) is 0 Å². The van der Waals surface area contributed by atoms with Crippen LogP contribution in [0.25, 0.3) is 0 Å². The number of nitrogens with one attached hydrogen (secondary N) is 2. The molecule has 7 nitrogen and oxygen atoms in total. The molecule has 0 aliphatic carbocycles. The molecular weight excluding hydrogens is 428 g/mol. The van der Waals surface area contributed by atoms with Crippen LogP contribution in [0.15, 0.2) is 48.5 Å². The number of aliphatic hydroxyl groups is 2. The number of urea groups is 1. The summed E-state index contributed by atoms with van der Waals surface area (Å²) < 4.78 is 12.7. The smallest absolute Gasteiger partial charge is 0.319 e. The first-order valence-corrected chi connectivity index (χ1v) is 12.0. The van der Waals surface area contributed by atoms with E-state index in [0.29, 0.717) is 18.0 Å². The molecule has 3 rings (SSSR count). The molecule has 2 aromatic carbocycles. The van der Waals surface area contributed by atoms with Crippen LogP contribution in [0.2, 0.25) is 0 Å². The molecule has 32 heavy (non-hydrogen) atoms. The van der Waals surface area contributed by atoms with Gasteiger partial charge in [-0.2, -0.15) is 11.8 Å². The van der Waals surface area contributed by atoms with Gasteiger partial charge in [-0.15, -0.1) is 0 Å². The molecule has 2 aromatic rings. The molecule has 4 N–H and O–H groups in total. The lowest BCUT2D eigenvalue weighted by atomic mass is 9.91. The number of hydrogen-bond donors (Lipinski definition) is 4. The van der Waals surface area contributed by atoms with Crippen molar-refractivity contribution < 1.29 is 24.5 Å². The Morgan fingerprint density at radius 1 is 1.03 bits per heavy atom. The van der Waals surface area contributed by atoms with Crippen LogP contribution in [0, 0.1) is 5.92 Å². The standard InChI is InChI=1S/C24H32N2O5S/c1-3-25-24(29)26-20-10-8-19(9-11-20)23-30-21(15-32-13-12-27)16(2)22(31-23)18-6-4-17(14-28)5-7-18/h4-11,16,21-23,27-28H,3,12-15H2,1-2H3,(H2,25,26,29)/t16-,21+,22+,23+/m0/s1. The Labute approximate surface area is 193 Å². The molecule has 4 atom stereocenters. The molecule has 174 valence electrons. The monoisotopic (exact) mass is 460 g/mol. The zero-order chi connectivity index (χ0) is 22.9. The molecule has 0 spiro atoms. The molecule has 0 aromatic heterocycles. The summed E-state index contributed by atoms with van der Waals surface area (Å²) >= 11 is 1.66. The van der Waals surface area contributed by atoms with Crippen molar-refractivity contribution in [2.75, 3.05) is 30.0 Å². The number of hydrogen-bond acceptors (Lipinski definition) is 6. The summed E-state index contributed by atoms with van der Waals surface area (Å²) in [6.45, 7) is 4.68. The van der Waals surface area contributed by atoms with E-state index in [1.165, 1.54) is 0 Å². The predicted molar refractivity (Wildman–Crippen MR) is 127 cm³/mol. The van der Waals surface area contributed by atoms with Gasteiger partial charge in [0, 0.05) is 35.2 Å². The van der Waals surface area contributed by atoms with Gasteiger partial charge < -0.3 is 30.3 Å². The summed E-state index contributed by atoms with van der Waals surface area (Å²) in [5, 5.41) is 24.0. The Morgan fingerprint density at radius 3 is 2.34 bits per heavy atom. The number of thioether (sulfide) groups is 1. The third kappa shape index (κ3) is 6.46.